The molecule has 20 heavy (non-hydrogen) atoms. The number of likely N-dealkylation sites (N-methyl/N-ethyl adjacent to an activating group) is 1. The van der Waals surface area contributed by atoms with Crippen molar-refractivity contribution >= 4 is 5.91 Å². The third-order valence-electron chi connectivity index (χ3n) is 4.06. The molecule has 1 aromatic heterocycles. The van der Waals surface area contributed by atoms with Crippen LogP contribution in [0.2, 0.25) is 0 Å². The normalized spacial score (nSPS) is 22.8. The number of carbonyl (C=O) groups is 1. The van der Waals surface area contributed by atoms with Gasteiger partial charge in [0.15, 0.2) is 0 Å². The highest BCUT2D eigenvalue weighted by atomic mass is 16.5. The molecule has 1 heterocycles. The maximum absolute atomic E-state index is 12.1. The molecule has 2 rings (SSSR count). The quantitative estimate of drug-likeness (QED) is 0.828. The molecule has 0 N–H and O–H groups in total. The van der Waals surface area contributed by atoms with Gasteiger partial charge in [0.25, 0.3) is 0 Å². The zero-order valence-electron chi connectivity index (χ0n) is 12.7. The van der Waals surface area contributed by atoms with Crippen LogP contribution in [0.25, 0.3) is 0 Å². The van der Waals surface area contributed by atoms with E-state index < -0.39 is 0 Å². The van der Waals surface area contributed by atoms with Gasteiger partial charge in [0.1, 0.15) is 12.4 Å². The van der Waals surface area contributed by atoms with E-state index in [1.54, 1.807) is 18.1 Å². The molecule has 0 unspecified atom stereocenters. The van der Waals surface area contributed by atoms with E-state index >= 15 is 0 Å². The van der Waals surface area contributed by atoms with Crippen LogP contribution in [0.1, 0.15) is 38.4 Å². The van der Waals surface area contributed by atoms with Crippen LogP contribution in [0, 0.1) is 5.92 Å². The number of hydrogen-bond acceptors (Lipinski definition) is 3. The fourth-order valence-corrected chi connectivity index (χ4v) is 2.68. The summed E-state index contributed by atoms with van der Waals surface area (Å²) in [6.07, 6.45) is 8.54. The molecule has 5 nitrogen and oxygen atoms in total. The number of carbonyl (C=O) groups excluding carboxylic acids is 1. The fourth-order valence-electron chi connectivity index (χ4n) is 2.68. The number of aryl methyl sites for hydroxylation is 1. The molecule has 1 aliphatic rings. The summed E-state index contributed by atoms with van der Waals surface area (Å²) in [5, 5.41) is 0. The van der Waals surface area contributed by atoms with Crippen LogP contribution < -0.4 is 0 Å². The number of aromatic nitrogens is 2. The molecule has 0 aromatic carbocycles. The molecular weight excluding hydrogens is 254 g/mol. The molecule has 0 spiro atoms. The average molecular weight is 279 g/mol. The van der Waals surface area contributed by atoms with Crippen molar-refractivity contribution in [3.8, 4) is 0 Å². The van der Waals surface area contributed by atoms with Gasteiger partial charge in [0, 0.05) is 26.5 Å². The number of amides is 1. The van der Waals surface area contributed by atoms with E-state index in [-0.39, 0.29) is 18.6 Å². The number of rotatable bonds is 5. The lowest BCUT2D eigenvalue weighted by Crippen LogP contribution is -2.33. The first-order chi connectivity index (χ1) is 9.56. The summed E-state index contributed by atoms with van der Waals surface area (Å²) < 4.78 is 7.69. The van der Waals surface area contributed by atoms with Crippen molar-refractivity contribution in [2.24, 2.45) is 13.0 Å². The zero-order valence-corrected chi connectivity index (χ0v) is 12.7. The van der Waals surface area contributed by atoms with Crippen LogP contribution in [0.3, 0.4) is 0 Å². The molecule has 0 aliphatic heterocycles. The first kappa shape index (κ1) is 15.0. The van der Waals surface area contributed by atoms with Gasteiger partial charge in [-0.05, 0) is 18.8 Å². The number of imidazole rings is 1. The first-order valence-electron chi connectivity index (χ1n) is 7.38. The van der Waals surface area contributed by atoms with Crippen molar-refractivity contribution < 1.29 is 9.53 Å². The molecule has 5 heteroatoms. The molecule has 1 aliphatic carbocycles. The lowest BCUT2D eigenvalue weighted by Gasteiger charge is -2.27. The summed E-state index contributed by atoms with van der Waals surface area (Å²) in [5.41, 5.74) is 0. The summed E-state index contributed by atoms with van der Waals surface area (Å²) in [6.45, 7) is 2.95. The molecule has 1 amide bonds. The van der Waals surface area contributed by atoms with E-state index in [1.807, 2.05) is 17.8 Å². The fraction of sp³-hybridized carbons (Fsp3) is 0.733. The smallest absolute Gasteiger partial charge is 0.248 e. The van der Waals surface area contributed by atoms with Gasteiger partial charge in [-0.25, -0.2) is 4.98 Å². The minimum atomic E-state index is 0.0197. The van der Waals surface area contributed by atoms with Gasteiger partial charge in [0.05, 0.1) is 12.6 Å². The summed E-state index contributed by atoms with van der Waals surface area (Å²) in [6, 6.07) is 0. The van der Waals surface area contributed by atoms with E-state index in [0.29, 0.717) is 12.5 Å². The highest BCUT2D eigenvalue weighted by molar-refractivity contribution is 5.77. The largest absolute Gasteiger partial charge is 0.368 e. The van der Waals surface area contributed by atoms with Gasteiger partial charge in [-0.1, -0.05) is 19.8 Å². The van der Waals surface area contributed by atoms with Crippen molar-refractivity contribution in [3.63, 3.8) is 0 Å². The number of ether oxygens (including phenoxy) is 1. The number of hydrogen-bond donors (Lipinski definition) is 0. The monoisotopic (exact) mass is 279 g/mol. The van der Waals surface area contributed by atoms with Gasteiger partial charge < -0.3 is 14.2 Å². The molecule has 1 fully saturated rings. The molecule has 0 radical (unpaired) electrons. The Hall–Kier alpha value is -1.36. The Morgan fingerprint density at radius 2 is 2.35 bits per heavy atom. The van der Waals surface area contributed by atoms with E-state index in [2.05, 4.69) is 11.9 Å². The van der Waals surface area contributed by atoms with Crippen LogP contribution in [0.15, 0.2) is 12.4 Å². The van der Waals surface area contributed by atoms with Gasteiger partial charge in [-0.3, -0.25) is 4.79 Å². The Labute approximate surface area is 120 Å². The van der Waals surface area contributed by atoms with Crippen molar-refractivity contribution in [1.29, 1.82) is 0 Å². The minimum Gasteiger partial charge on any atom is -0.368 e. The second-order valence-corrected chi connectivity index (χ2v) is 5.91. The van der Waals surface area contributed by atoms with E-state index in [4.69, 9.17) is 4.74 Å². The summed E-state index contributed by atoms with van der Waals surface area (Å²) in [4.78, 5) is 18.0. The van der Waals surface area contributed by atoms with Gasteiger partial charge in [0.2, 0.25) is 5.91 Å². The van der Waals surface area contributed by atoms with Gasteiger partial charge in [-0.2, -0.15) is 0 Å². The third kappa shape index (κ3) is 4.07. The Morgan fingerprint density at radius 1 is 1.55 bits per heavy atom. The molecular formula is C15H25N3O2. The van der Waals surface area contributed by atoms with E-state index in [1.165, 1.54) is 12.8 Å². The maximum Gasteiger partial charge on any atom is 0.248 e. The number of nitrogens with zero attached hydrogens (tertiary/aromatic N) is 3. The molecule has 0 saturated heterocycles. The molecule has 0 bridgehead atoms. The summed E-state index contributed by atoms with van der Waals surface area (Å²) in [5.74, 6) is 1.62. The average Bonchev–Trinajstić information content (AvgIpc) is 2.81. The maximum atomic E-state index is 12.1. The predicted molar refractivity (Wildman–Crippen MR) is 77.1 cm³/mol. The van der Waals surface area contributed by atoms with Gasteiger partial charge >= 0.3 is 0 Å². The topological polar surface area (TPSA) is 47.4 Å². The van der Waals surface area contributed by atoms with Crippen LogP contribution >= 0.6 is 0 Å². The highest BCUT2D eigenvalue weighted by Gasteiger charge is 2.21. The standard InChI is InChI=1S/C15H25N3O2/c1-12-5-4-6-13(9-12)20-11-15(19)18(3)10-14-16-7-8-17(14)2/h7-8,12-13H,4-6,9-11H2,1-3H3/t12-,13+/m1/s1. The third-order valence-corrected chi connectivity index (χ3v) is 4.06. The van der Waals surface area contributed by atoms with Crippen LogP contribution in [-0.4, -0.2) is 40.1 Å². The molecule has 1 saturated carbocycles. The Morgan fingerprint density at radius 3 is 3.00 bits per heavy atom. The Bertz CT molecular complexity index is 444. The summed E-state index contributed by atoms with van der Waals surface area (Å²) >= 11 is 0. The van der Waals surface area contributed by atoms with E-state index in [9.17, 15) is 4.79 Å². The van der Waals surface area contributed by atoms with Crippen molar-refractivity contribution in [2.45, 2.75) is 45.3 Å². The molecule has 2 atom stereocenters. The highest BCUT2D eigenvalue weighted by Crippen LogP contribution is 2.25. The molecule has 1 aromatic rings. The SMILES string of the molecule is C[C@@H]1CCC[C@H](OCC(=O)N(C)Cc2nccn2C)C1. The van der Waals surface area contributed by atoms with Crippen molar-refractivity contribution in [2.75, 3.05) is 13.7 Å². The Kier molecular flexibility index (Phi) is 5.17. The Balaban J connectivity index is 1.75. The zero-order chi connectivity index (χ0) is 14.5. The predicted octanol–water partition coefficient (Wildman–Crippen LogP) is 1.97. The van der Waals surface area contributed by atoms with Gasteiger partial charge in [-0.15, -0.1) is 0 Å². The second kappa shape index (κ2) is 6.88. The second-order valence-electron chi connectivity index (χ2n) is 5.91. The van der Waals surface area contributed by atoms with Crippen molar-refractivity contribution in [3.05, 3.63) is 18.2 Å². The first-order valence-corrected chi connectivity index (χ1v) is 7.38. The lowest BCUT2D eigenvalue weighted by atomic mass is 9.89. The molecule has 112 valence electrons. The van der Waals surface area contributed by atoms with Crippen LogP contribution in [-0.2, 0) is 23.1 Å². The minimum absolute atomic E-state index is 0.0197. The van der Waals surface area contributed by atoms with Crippen LogP contribution in [0.4, 0.5) is 0 Å². The summed E-state index contributed by atoms with van der Waals surface area (Å²) in [7, 11) is 3.73. The lowest BCUT2D eigenvalue weighted by molar-refractivity contribution is -0.138. The van der Waals surface area contributed by atoms with E-state index in [0.717, 1.165) is 18.7 Å². The van der Waals surface area contributed by atoms with Crippen molar-refractivity contribution in [1.82, 2.24) is 14.5 Å². The van der Waals surface area contributed by atoms with Crippen LogP contribution in [0.5, 0.6) is 0 Å².